The van der Waals surface area contributed by atoms with Gasteiger partial charge in [0.1, 0.15) is 11.6 Å². The van der Waals surface area contributed by atoms with Crippen molar-refractivity contribution in [1.29, 1.82) is 0 Å². The van der Waals surface area contributed by atoms with E-state index in [0.29, 0.717) is 17.3 Å². The fourth-order valence-electron chi connectivity index (χ4n) is 3.42. The molecular formula is C25H18FN5. The second-order valence-electron chi connectivity index (χ2n) is 7.13. The van der Waals surface area contributed by atoms with E-state index in [-0.39, 0.29) is 5.82 Å². The molecule has 0 unspecified atom stereocenters. The fourth-order valence-corrected chi connectivity index (χ4v) is 3.42. The molecule has 5 rings (SSSR count). The number of rotatable bonds is 4. The van der Waals surface area contributed by atoms with E-state index in [9.17, 15) is 4.39 Å². The lowest BCUT2D eigenvalue weighted by Gasteiger charge is -2.12. The first-order chi connectivity index (χ1) is 15.2. The molecule has 5 aromatic rings. The number of benzene rings is 3. The number of fused-ring (bicyclic) bond motifs is 1. The number of hydrogen-bond donors (Lipinski definition) is 2. The number of halogens is 1. The van der Waals surface area contributed by atoms with Crippen LogP contribution in [0.4, 0.5) is 21.6 Å². The maximum atomic E-state index is 13.3. The van der Waals surface area contributed by atoms with Gasteiger partial charge in [-0.3, -0.25) is 4.98 Å². The summed E-state index contributed by atoms with van der Waals surface area (Å²) >= 11 is 0. The monoisotopic (exact) mass is 407 g/mol. The molecule has 0 spiro atoms. The Bertz CT molecular complexity index is 1370. The van der Waals surface area contributed by atoms with Gasteiger partial charge in [-0.05, 0) is 65.7 Å². The topological polar surface area (TPSA) is 76.7 Å². The Morgan fingerprint density at radius 3 is 2.39 bits per heavy atom. The lowest BCUT2D eigenvalue weighted by atomic mass is 10.0. The van der Waals surface area contributed by atoms with Gasteiger partial charge in [-0.15, -0.1) is 0 Å². The molecule has 3 aromatic carbocycles. The third-order valence-electron chi connectivity index (χ3n) is 4.94. The average molecular weight is 407 g/mol. The zero-order valence-corrected chi connectivity index (χ0v) is 16.5. The zero-order chi connectivity index (χ0) is 21.2. The summed E-state index contributed by atoms with van der Waals surface area (Å²) in [5.41, 5.74) is 10.9. The van der Waals surface area contributed by atoms with Crippen LogP contribution < -0.4 is 11.1 Å². The molecule has 0 saturated carbocycles. The first-order valence-corrected chi connectivity index (χ1v) is 9.76. The van der Waals surface area contributed by atoms with Crippen molar-refractivity contribution in [3.05, 3.63) is 97.1 Å². The van der Waals surface area contributed by atoms with Crippen molar-refractivity contribution < 1.29 is 4.39 Å². The molecule has 0 radical (unpaired) electrons. The molecule has 0 aliphatic heterocycles. The Balaban J connectivity index is 1.67. The van der Waals surface area contributed by atoms with E-state index < -0.39 is 0 Å². The third kappa shape index (κ3) is 3.91. The number of nitrogen functional groups attached to an aromatic ring is 1. The van der Waals surface area contributed by atoms with Crippen molar-refractivity contribution in [3.8, 4) is 22.5 Å². The summed E-state index contributed by atoms with van der Waals surface area (Å²) in [5.74, 6) is 0.961. The Kier molecular flexibility index (Phi) is 4.72. The van der Waals surface area contributed by atoms with Crippen LogP contribution in [0.2, 0.25) is 0 Å². The van der Waals surface area contributed by atoms with Crippen molar-refractivity contribution in [3.63, 3.8) is 0 Å². The molecule has 31 heavy (non-hydrogen) atoms. The van der Waals surface area contributed by atoms with Crippen LogP contribution in [0.5, 0.6) is 0 Å². The van der Waals surface area contributed by atoms with Crippen LogP contribution in [0.25, 0.3) is 33.4 Å². The summed E-state index contributed by atoms with van der Waals surface area (Å²) in [7, 11) is 0. The Hall–Kier alpha value is -4.32. The van der Waals surface area contributed by atoms with Gasteiger partial charge in [0.25, 0.3) is 0 Å². The van der Waals surface area contributed by atoms with Crippen molar-refractivity contribution in [1.82, 2.24) is 15.0 Å². The van der Waals surface area contributed by atoms with Crippen LogP contribution in [0, 0.1) is 5.82 Å². The fraction of sp³-hybridized carbons (Fsp3) is 0. The lowest BCUT2D eigenvalue weighted by molar-refractivity contribution is 0.628. The Morgan fingerprint density at radius 1 is 0.774 bits per heavy atom. The second kappa shape index (κ2) is 7.84. The molecule has 0 fully saturated rings. The van der Waals surface area contributed by atoms with Crippen LogP contribution in [-0.2, 0) is 0 Å². The molecule has 5 nitrogen and oxygen atoms in total. The molecule has 0 aliphatic carbocycles. The lowest BCUT2D eigenvalue weighted by Crippen LogP contribution is -2.00. The molecule has 0 saturated heterocycles. The van der Waals surface area contributed by atoms with Crippen LogP contribution in [0.3, 0.4) is 0 Å². The highest BCUT2D eigenvalue weighted by Crippen LogP contribution is 2.31. The molecule has 0 amide bonds. The van der Waals surface area contributed by atoms with Gasteiger partial charge in [-0.2, -0.15) is 0 Å². The smallest absolute Gasteiger partial charge is 0.163 e. The number of nitrogens with one attached hydrogen (secondary N) is 1. The van der Waals surface area contributed by atoms with Crippen LogP contribution in [0.1, 0.15) is 0 Å². The molecule has 2 heterocycles. The summed E-state index contributed by atoms with van der Waals surface area (Å²) in [5, 5.41) is 4.23. The first-order valence-electron chi connectivity index (χ1n) is 9.76. The summed E-state index contributed by atoms with van der Waals surface area (Å²) in [6, 6.07) is 23.6. The standard InChI is InChI=1S/C25H18FN5/c26-19-9-6-16(7-10-19)17-8-11-22-23(13-17)30-24(18-3-2-12-28-15-18)31-25(22)29-21-5-1-4-20(27)14-21/h1-15H,27H2,(H,29,30,31). The second-order valence-corrected chi connectivity index (χ2v) is 7.13. The highest BCUT2D eigenvalue weighted by molar-refractivity contribution is 5.94. The number of aromatic nitrogens is 3. The molecule has 3 N–H and O–H groups in total. The van der Waals surface area contributed by atoms with E-state index in [0.717, 1.165) is 33.3 Å². The maximum absolute atomic E-state index is 13.3. The van der Waals surface area contributed by atoms with Gasteiger partial charge in [0.2, 0.25) is 0 Å². The first kappa shape index (κ1) is 18.7. The van der Waals surface area contributed by atoms with Crippen LogP contribution in [-0.4, -0.2) is 15.0 Å². The SMILES string of the molecule is Nc1cccc(Nc2nc(-c3cccnc3)nc3cc(-c4ccc(F)cc4)ccc23)c1. The summed E-state index contributed by atoms with van der Waals surface area (Å²) in [4.78, 5) is 13.7. The molecular weight excluding hydrogens is 389 g/mol. The van der Waals surface area contributed by atoms with Crippen LogP contribution >= 0.6 is 0 Å². The predicted octanol–water partition coefficient (Wildman–Crippen LogP) is 5.82. The highest BCUT2D eigenvalue weighted by atomic mass is 19.1. The number of pyridine rings is 1. The Morgan fingerprint density at radius 2 is 1.61 bits per heavy atom. The Labute approximate surface area is 178 Å². The van der Waals surface area contributed by atoms with E-state index in [1.165, 1.54) is 12.1 Å². The minimum absolute atomic E-state index is 0.264. The van der Waals surface area contributed by atoms with Crippen LogP contribution in [0.15, 0.2) is 91.3 Å². The average Bonchev–Trinajstić information content (AvgIpc) is 2.80. The van der Waals surface area contributed by atoms with Gasteiger partial charge in [0.15, 0.2) is 5.82 Å². The van der Waals surface area contributed by atoms with Gasteiger partial charge in [0.05, 0.1) is 5.52 Å². The molecule has 0 bridgehead atoms. The molecule has 0 aliphatic rings. The van der Waals surface area contributed by atoms with E-state index in [1.807, 2.05) is 54.6 Å². The summed E-state index contributed by atoms with van der Waals surface area (Å²) in [6.45, 7) is 0. The van der Waals surface area contributed by atoms with E-state index in [2.05, 4.69) is 10.3 Å². The zero-order valence-electron chi connectivity index (χ0n) is 16.5. The molecule has 6 heteroatoms. The van der Waals surface area contributed by atoms with Crippen molar-refractivity contribution in [2.75, 3.05) is 11.1 Å². The quantitative estimate of drug-likeness (QED) is 0.367. The third-order valence-corrected chi connectivity index (χ3v) is 4.94. The van der Waals surface area contributed by atoms with Crippen molar-refractivity contribution in [2.24, 2.45) is 0 Å². The minimum atomic E-state index is -0.264. The maximum Gasteiger partial charge on any atom is 0.163 e. The van der Waals surface area contributed by atoms with E-state index in [4.69, 9.17) is 15.7 Å². The number of nitrogens with two attached hydrogens (primary N) is 1. The number of anilines is 3. The van der Waals surface area contributed by atoms with Gasteiger partial charge >= 0.3 is 0 Å². The number of hydrogen-bond acceptors (Lipinski definition) is 5. The van der Waals surface area contributed by atoms with E-state index in [1.54, 1.807) is 24.5 Å². The predicted molar refractivity (Wildman–Crippen MR) is 122 cm³/mol. The highest BCUT2D eigenvalue weighted by Gasteiger charge is 2.12. The van der Waals surface area contributed by atoms with Gasteiger partial charge in [-0.25, -0.2) is 14.4 Å². The molecule has 150 valence electrons. The van der Waals surface area contributed by atoms with Gasteiger partial charge in [-0.1, -0.05) is 24.3 Å². The summed E-state index contributed by atoms with van der Waals surface area (Å²) in [6.07, 6.45) is 3.44. The van der Waals surface area contributed by atoms with Gasteiger partial charge in [0, 0.05) is 34.7 Å². The van der Waals surface area contributed by atoms with Crippen molar-refractivity contribution in [2.45, 2.75) is 0 Å². The molecule has 2 aromatic heterocycles. The van der Waals surface area contributed by atoms with E-state index >= 15 is 0 Å². The summed E-state index contributed by atoms with van der Waals surface area (Å²) < 4.78 is 13.3. The molecule has 0 atom stereocenters. The van der Waals surface area contributed by atoms with Crippen molar-refractivity contribution >= 4 is 28.1 Å². The largest absolute Gasteiger partial charge is 0.399 e. The van der Waals surface area contributed by atoms with Gasteiger partial charge < -0.3 is 11.1 Å². The number of nitrogens with zero attached hydrogens (tertiary/aromatic N) is 3. The normalized spacial score (nSPS) is 10.9. The minimum Gasteiger partial charge on any atom is -0.399 e.